The Hall–Kier alpha value is -3.39. The molecule has 0 spiro atoms. The summed E-state index contributed by atoms with van der Waals surface area (Å²) in [4.78, 5) is 23.5. The van der Waals surface area contributed by atoms with Crippen LogP contribution in [0.3, 0.4) is 0 Å². The minimum Gasteiger partial charge on any atom is -0.491 e. The monoisotopic (exact) mass is 451 g/mol. The van der Waals surface area contributed by atoms with E-state index in [1.807, 2.05) is 0 Å². The molecule has 9 heteroatoms. The van der Waals surface area contributed by atoms with Gasteiger partial charge in [0.25, 0.3) is 5.91 Å². The summed E-state index contributed by atoms with van der Waals surface area (Å²) in [6.45, 7) is 0.264. The lowest BCUT2D eigenvalue weighted by Crippen LogP contribution is -2.32. The maximum Gasteiger partial charge on any atom is 0.255 e. The smallest absolute Gasteiger partial charge is 0.255 e. The maximum atomic E-state index is 14.7. The lowest BCUT2D eigenvalue weighted by molar-refractivity contribution is 0.0708. The average molecular weight is 452 g/mol. The molecule has 2 aromatic heterocycles. The molecule has 32 heavy (non-hydrogen) atoms. The van der Waals surface area contributed by atoms with Crippen LogP contribution in [0.1, 0.15) is 46.3 Å². The third-order valence-electron chi connectivity index (χ3n) is 6.39. The fraction of sp³-hybridized carbons (Fsp3) is 0.261. The summed E-state index contributed by atoms with van der Waals surface area (Å²) in [5.74, 6) is 0.714. The molecule has 1 atom stereocenters. The first-order valence-electron chi connectivity index (χ1n) is 10.4. The normalized spacial score (nSPS) is 17.5. The molecule has 6 rings (SSSR count). The van der Waals surface area contributed by atoms with Crippen LogP contribution in [0.15, 0.2) is 36.8 Å². The number of carbonyl (C=O) groups excluding carboxylic acids is 1. The summed E-state index contributed by atoms with van der Waals surface area (Å²) in [6, 6.07) is 6.19. The van der Waals surface area contributed by atoms with Gasteiger partial charge in [-0.2, -0.15) is 0 Å². The molecule has 162 valence electrons. The van der Waals surface area contributed by atoms with Crippen LogP contribution in [0.5, 0.6) is 5.75 Å². The molecule has 3 heterocycles. The number of anilines is 1. The van der Waals surface area contributed by atoms with Crippen LogP contribution in [0.2, 0.25) is 5.02 Å². The molecule has 7 nitrogen and oxygen atoms in total. The van der Waals surface area contributed by atoms with Gasteiger partial charge in [0.05, 0.1) is 40.2 Å². The number of ether oxygens (including phenoxy) is 1. The van der Waals surface area contributed by atoms with E-state index in [1.54, 1.807) is 47.1 Å². The zero-order valence-electron chi connectivity index (χ0n) is 17.2. The van der Waals surface area contributed by atoms with E-state index in [2.05, 4.69) is 9.97 Å². The van der Waals surface area contributed by atoms with Crippen LogP contribution in [0.4, 0.5) is 10.2 Å². The third kappa shape index (κ3) is 2.82. The highest BCUT2D eigenvalue weighted by Crippen LogP contribution is 2.46. The second kappa shape index (κ2) is 6.80. The van der Waals surface area contributed by atoms with Crippen molar-refractivity contribution in [2.75, 3.05) is 19.4 Å². The van der Waals surface area contributed by atoms with Crippen molar-refractivity contribution in [1.82, 2.24) is 19.3 Å². The number of nitrogens with two attached hydrogens (primary N) is 1. The van der Waals surface area contributed by atoms with Crippen molar-refractivity contribution in [3.05, 3.63) is 64.3 Å². The van der Waals surface area contributed by atoms with E-state index < -0.39 is 6.04 Å². The van der Waals surface area contributed by atoms with E-state index in [0.29, 0.717) is 44.8 Å². The number of fused-ring (bicyclic) bond motifs is 4. The van der Waals surface area contributed by atoms with Gasteiger partial charge in [-0.3, -0.25) is 9.20 Å². The number of amides is 1. The summed E-state index contributed by atoms with van der Waals surface area (Å²) in [5, 5.41) is 0.259. The molecule has 0 bridgehead atoms. The first-order chi connectivity index (χ1) is 15.4. The number of benzene rings is 2. The van der Waals surface area contributed by atoms with Gasteiger partial charge in [-0.25, -0.2) is 14.4 Å². The van der Waals surface area contributed by atoms with Crippen LogP contribution in [-0.2, 0) is 0 Å². The Balaban J connectivity index is 1.39. The lowest BCUT2D eigenvalue weighted by atomic mass is 10.0. The van der Waals surface area contributed by atoms with Crippen molar-refractivity contribution in [2.24, 2.45) is 0 Å². The number of likely N-dealkylation sites (N-methyl/N-ethyl adjacent to an activating group) is 1. The number of aromatic nitrogens is 3. The van der Waals surface area contributed by atoms with E-state index in [-0.39, 0.29) is 29.3 Å². The van der Waals surface area contributed by atoms with Crippen LogP contribution in [0, 0.1) is 5.82 Å². The van der Waals surface area contributed by atoms with E-state index in [0.717, 1.165) is 12.8 Å². The molecule has 1 amide bonds. The Kier molecular flexibility index (Phi) is 4.10. The van der Waals surface area contributed by atoms with Gasteiger partial charge in [0.2, 0.25) is 0 Å². The number of hydrogen-bond acceptors (Lipinski definition) is 5. The third-order valence-corrected chi connectivity index (χ3v) is 6.70. The molecule has 2 aromatic carbocycles. The standard InChI is InChI=1S/C23H19ClFN5O2/c1-29(20-9-32-21-6-12(11-2-3-11)16(25)4-14(20)21)23(31)13-5-18-17(7-15(13)24)28-22(26)19-8-27-10-30(18)19/h4-8,10-11,20H,2-3,9H2,1H3,(H2,26,28). The van der Waals surface area contributed by atoms with Gasteiger partial charge in [0.15, 0.2) is 0 Å². The number of nitrogens with zero attached hydrogens (tertiary/aromatic N) is 4. The van der Waals surface area contributed by atoms with Crippen LogP contribution in [-0.4, -0.2) is 38.8 Å². The second-order valence-electron chi connectivity index (χ2n) is 8.40. The van der Waals surface area contributed by atoms with Gasteiger partial charge in [-0.05, 0) is 48.6 Å². The van der Waals surface area contributed by atoms with Crippen molar-refractivity contribution in [1.29, 1.82) is 0 Å². The molecule has 2 N–H and O–H groups in total. The van der Waals surface area contributed by atoms with Crippen molar-refractivity contribution >= 4 is 39.9 Å². The Morgan fingerprint density at radius 2 is 2.06 bits per heavy atom. The quantitative estimate of drug-likeness (QED) is 0.500. The van der Waals surface area contributed by atoms with Gasteiger partial charge in [0.1, 0.15) is 29.5 Å². The minimum atomic E-state index is -0.412. The van der Waals surface area contributed by atoms with Gasteiger partial charge >= 0.3 is 0 Å². The molecule has 2 aliphatic rings. The maximum absolute atomic E-state index is 14.7. The van der Waals surface area contributed by atoms with Crippen LogP contribution in [0.25, 0.3) is 16.6 Å². The van der Waals surface area contributed by atoms with Crippen LogP contribution >= 0.6 is 11.6 Å². The first-order valence-corrected chi connectivity index (χ1v) is 10.7. The number of imidazole rings is 1. The summed E-state index contributed by atoms with van der Waals surface area (Å²) < 4.78 is 22.3. The Labute approximate surface area is 187 Å². The number of rotatable bonds is 3. The molecule has 1 unspecified atom stereocenters. The number of carbonyl (C=O) groups is 1. The highest BCUT2D eigenvalue weighted by molar-refractivity contribution is 6.34. The van der Waals surface area contributed by atoms with Crippen molar-refractivity contribution in [3.63, 3.8) is 0 Å². The molecule has 0 saturated heterocycles. The van der Waals surface area contributed by atoms with Crippen molar-refractivity contribution in [2.45, 2.75) is 24.8 Å². The summed E-state index contributed by atoms with van der Waals surface area (Å²) in [5.41, 5.74) is 9.55. The Morgan fingerprint density at radius 3 is 2.84 bits per heavy atom. The highest BCUT2D eigenvalue weighted by atomic mass is 35.5. The Bertz CT molecular complexity index is 1430. The zero-order chi connectivity index (χ0) is 22.1. The van der Waals surface area contributed by atoms with E-state index in [9.17, 15) is 9.18 Å². The number of hydrogen-bond donors (Lipinski definition) is 1. The predicted molar refractivity (Wildman–Crippen MR) is 119 cm³/mol. The molecule has 1 saturated carbocycles. The van der Waals surface area contributed by atoms with Crippen molar-refractivity contribution < 1.29 is 13.9 Å². The SMILES string of the molecule is CN(C(=O)c1cc2c(cc1Cl)nc(N)c1cncn12)C1COc2cc(C3CC3)c(F)cc21. The largest absolute Gasteiger partial charge is 0.491 e. The molecular weight excluding hydrogens is 433 g/mol. The van der Waals surface area contributed by atoms with Gasteiger partial charge < -0.3 is 15.4 Å². The zero-order valence-corrected chi connectivity index (χ0v) is 17.9. The second-order valence-corrected chi connectivity index (χ2v) is 8.80. The van der Waals surface area contributed by atoms with Gasteiger partial charge in [-0.1, -0.05) is 11.6 Å². The molecule has 1 fully saturated rings. The summed E-state index contributed by atoms with van der Waals surface area (Å²) in [6.07, 6.45) is 5.23. The average Bonchev–Trinajstić information content (AvgIpc) is 3.33. The first kappa shape index (κ1) is 19.3. The van der Waals surface area contributed by atoms with Crippen LogP contribution < -0.4 is 10.5 Å². The van der Waals surface area contributed by atoms with E-state index in [1.165, 1.54) is 6.07 Å². The number of nitrogen functional groups attached to an aromatic ring is 1. The molecule has 0 radical (unpaired) electrons. The predicted octanol–water partition coefficient (Wildman–Crippen LogP) is 4.34. The molecule has 4 aromatic rings. The van der Waals surface area contributed by atoms with E-state index >= 15 is 0 Å². The molecule has 1 aliphatic carbocycles. The topological polar surface area (TPSA) is 85.8 Å². The number of halogens is 2. The fourth-order valence-electron chi connectivity index (χ4n) is 4.45. The highest BCUT2D eigenvalue weighted by Gasteiger charge is 2.35. The molecule has 1 aliphatic heterocycles. The fourth-order valence-corrected chi connectivity index (χ4v) is 4.69. The minimum absolute atomic E-state index is 0.238. The van der Waals surface area contributed by atoms with Gasteiger partial charge in [0, 0.05) is 12.6 Å². The van der Waals surface area contributed by atoms with Gasteiger partial charge in [-0.15, -0.1) is 0 Å². The van der Waals surface area contributed by atoms with E-state index in [4.69, 9.17) is 22.1 Å². The summed E-state index contributed by atoms with van der Waals surface area (Å²) in [7, 11) is 1.67. The summed E-state index contributed by atoms with van der Waals surface area (Å²) >= 11 is 6.47. The molecular formula is C23H19ClFN5O2. The Morgan fingerprint density at radius 1 is 1.25 bits per heavy atom. The van der Waals surface area contributed by atoms with Crippen molar-refractivity contribution in [3.8, 4) is 5.75 Å². The lowest BCUT2D eigenvalue weighted by Gasteiger charge is -2.24.